The third kappa shape index (κ3) is 3.26. The lowest BCUT2D eigenvalue weighted by Crippen LogP contribution is -2.32. The van der Waals surface area contributed by atoms with Crippen LogP contribution in [0.2, 0.25) is 5.02 Å². The van der Waals surface area contributed by atoms with Gasteiger partial charge >= 0.3 is 0 Å². The van der Waals surface area contributed by atoms with Crippen LogP contribution in [0.1, 0.15) is 6.42 Å². The molecular formula is C16H13ClN2O2S. The first-order chi connectivity index (χ1) is 10.6. The zero-order chi connectivity index (χ0) is 15.5. The molecule has 0 radical (unpaired) electrons. The Kier molecular flexibility index (Phi) is 4.36. The number of anilines is 2. The zero-order valence-electron chi connectivity index (χ0n) is 11.5. The van der Waals surface area contributed by atoms with Gasteiger partial charge in [0.25, 0.3) is 0 Å². The molecule has 3 rings (SSSR count). The second-order valence-corrected chi connectivity index (χ2v) is 6.48. The van der Waals surface area contributed by atoms with Crippen molar-refractivity contribution in [3.8, 4) is 0 Å². The maximum atomic E-state index is 12.1. The van der Waals surface area contributed by atoms with Crippen molar-refractivity contribution in [2.75, 3.05) is 10.6 Å². The predicted molar refractivity (Wildman–Crippen MR) is 89.4 cm³/mol. The summed E-state index contributed by atoms with van der Waals surface area (Å²) in [6, 6.07) is 14.6. The van der Waals surface area contributed by atoms with E-state index in [0.717, 1.165) is 10.6 Å². The molecule has 0 bridgehead atoms. The van der Waals surface area contributed by atoms with E-state index in [1.807, 2.05) is 24.3 Å². The maximum Gasteiger partial charge on any atom is 0.238 e. The standard InChI is InChI=1S/C16H13ClN2O2S/c17-10-5-1-2-6-11(10)18-15(20)9-14-16(21)19-12-7-3-4-8-13(12)22-14/h1-8,14H,9H2,(H,18,20)(H,19,21). The molecule has 112 valence electrons. The van der Waals surface area contributed by atoms with E-state index in [4.69, 9.17) is 11.6 Å². The number of para-hydroxylation sites is 2. The van der Waals surface area contributed by atoms with Gasteiger partial charge in [0.05, 0.1) is 21.6 Å². The Balaban J connectivity index is 1.67. The normalized spacial score (nSPS) is 16.6. The first-order valence-electron chi connectivity index (χ1n) is 6.74. The summed E-state index contributed by atoms with van der Waals surface area (Å²) in [5, 5.41) is 5.59. The molecule has 22 heavy (non-hydrogen) atoms. The van der Waals surface area contributed by atoms with E-state index in [-0.39, 0.29) is 18.2 Å². The number of carbonyl (C=O) groups excluding carboxylic acids is 2. The van der Waals surface area contributed by atoms with Crippen LogP contribution < -0.4 is 10.6 Å². The summed E-state index contributed by atoms with van der Waals surface area (Å²) in [5.41, 5.74) is 1.34. The number of rotatable bonds is 3. The number of fused-ring (bicyclic) bond motifs is 1. The van der Waals surface area contributed by atoms with Crippen LogP contribution in [0.5, 0.6) is 0 Å². The fraction of sp³-hybridized carbons (Fsp3) is 0.125. The zero-order valence-corrected chi connectivity index (χ0v) is 13.1. The fourth-order valence-corrected chi connectivity index (χ4v) is 3.45. The number of benzene rings is 2. The molecular weight excluding hydrogens is 320 g/mol. The molecule has 0 saturated carbocycles. The van der Waals surface area contributed by atoms with Crippen LogP contribution in [0.4, 0.5) is 11.4 Å². The summed E-state index contributed by atoms with van der Waals surface area (Å²) < 4.78 is 0. The molecule has 0 saturated heterocycles. The topological polar surface area (TPSA) is 58.2 Å². The van der Waals surface area contributed by atoms with Crippen LogP contribution >= 0.6 is 23.4 Å². The number of carbonyl (C=O) groups is 2. The third-order valence-electron chi connectivity index (χ3n) is 3.23. The number of halogens is 1. The van der Waals surface area contributed by atoms with Crippen molar-refractivity contribution in [2.45, 2.75) is 16.6 Å². The Labute approximate surface area is 137 Å². The molecule has 0 aliphatic carbocycles. The molecule has 1 atom stereocenters. The molecule has 0 aromatic heterocycles. The van der Waals surface area contributed by atoms with Crippen molar-refractivity contribution in [2.24, 2.45) is 0 Å². The molecule has 1 unspecified atom stereocenters. The number of hydrogen-bond acceptors (Lipinski definition) is 3. The largest absolute Gasteiger partial charge is 0.325 e. The second-order valence-electron chi connectivity index (χ2n) is 4.82. The van der Waals surface area contributed by atoms with E-state index in [2.05, 4.69) is 10.6 Å². The van der Waals surface area contributed by atoms with Gasteiger partial charge in [-0.25, -0.2) is 0 Å². The first-order valence-corrected chi connectivity index (χ1v) is 8.00. The molecule has 0 fully saturated rings. The van der Waals surface area contributed by atoms with Crippen LogP contribution in [0.3, 0.4) is 0 Å². The van der Waals surface area contributed by atoms with Crippen molar-refractivity contribution in [1.82, 2.24) is 0 Å². The average molecular weight is 333 g/mol. The summed E-state index contributed by atoms with van der Waals surface area (Å²) in [7, 11) is 0. The summed E-state index contributed by atoms with van der Waals surface area (Å²) >= 11 is 7.41. The molecule has 1 aliphatic rings. The average Bonchev–Trinajstić information content (AvgIpc) is 2.50. The smallest absolute Gasteiger partial charge is 0.238 e. The van der Waals surface area contributed by atoms with Gasteiger partial charge in [-0.2, -0.15) is 0 Å². The molecule has 1 aliphatic heterocycles. The van der Waals surface area contributed by atoms with E-state index in [9.17, 15) is 9.59 Å². The summed E-state index contributed by atoms with van der Waals surface area (Å²) in [6.45, 7) is 0. The number of hydrogen-bond donors (Lipinski definition) is 2. The van der Waals surface area contributed by atoms with Crippen LogP contribution in [-0.4, -0.2) is 17.1 Å². The fourth-order valence-electron chi connectivity index (χ4n) is 2.16. The summed E-state index contributed by atoms with van der Waals surface area (Å²) in [6.07, 6.45) is 0.0933. The predicted octanol–water partition coefficient (Wildman–Crippen LogP) is 3.78. The first kappa shape index (κ1) is 14.9. The molecule has 4 nitrogen and oxygen atoms in total. The van der Waals surface area contributed by atoms with Gasteiger partial charge in [0.1, 0.15) is 0 Å². The lowest BCUT2D eigenvalue weighted by molar-refractivity contribution is -0.120. The maximum absolute atomic E-state index is 12.1. The van der Waals surface area contributed by atoms with Gasteiger partial charge in [-0.15, -0.1) is 11.8 Å². The van der Waals surface area contributed by atoms with Crippen molar-refractivity contribution in [1.29, 1.82) is 0 Å². The van der Waals surface area contributed by atoms with Gasteiger partial charge in [-0.1, -0.05) is 35.9 Å². The van der Waals surface area contributed by atoms with Gasteiger partial charge in [0.15, 0.2) is 0 Å². The van der Waals surface area contributed by atoms with Crippen LogP contribution in [0.25, 0.3) is 0 Å². The highest BCUT2D eigenvalue weighted by Crippen LogP contribution is 2.36. The number of amides is 2. The Morgan fingerprint density at radius 1 is 1.18 bits per heavy atom. The molecule has 6 heteroatoms. The van der Waals surface area contributed by atoms with Crippen LogP contribution in [-0.2, 0) is 9.59 Å². The highest BCUT2D eigenvalue weighted by Gasteiger charge is 2.28. The summed E-state index contributed by atoms with van der Waals surface area (Å²) in [4.78, 5) is 25.2. The Morgan fingerprint density at radius 2 is 1.91 bits per heavy atom. The lowest BCUT2D eigenvalue weighted by atomic mass is 10.2. The molecule has 1 heterocycles. The minimum absolute atomic E-state index is 0.0933. The minimum atomic E-state index is -0.447. The monoisotopic (exact) mass is 332 g/mol. The van der Waals surface area contributed by atoms with Crippen molar-refractivity contribution in [3.63, 3.8) is 0 Å². The van der Waals surface area contributed by atoms with E-state index < -0.39 is 5.25 Å². The Hall–Kier alpha value is -1.98. The van der Waals surface area contributed by atoms with Crippen LogP contribution in [0.15, 0.2) is 53.4 Å². The van der Waals surface area contributed by atoms with Gasteiger partial charge < -0.3 is 10.6 Å². The van der Waals surface area contributed by atoms with E-state index in [1.165, 1.54) is 11.8 Å². The highest BCUT2D eigenvalue weighted by molar-refractivity contribution is 8.01. The third-order valence-corrected chi connectivity index (χ3v) is 4.83. The van der Waals surface area contributed by atoms with Gasteiger partial charge in [0.2, 0.25) is 11.8 Å². The Morgan fingerprint density at radius 3 is 2.73 bits per heavy atom. The van der Waals surface area contributed by atoms with Gasteiger partial charge in [0, 0.05) is 11.3 Å². The lowest BCUT2D eigenvalue weighted by Gasteiger charge is -2.23. The summed E-state index contributed by atoms with van der Waals surface area (Å²) in [5.74, 6) is -0.391. The highest BCUT2D eigenvalue weighted by atomic mass is 35.5. The van der Waals surface area contributed by atoms with E-state index >= 15 is 0 Å². The molecule has 0 spiro atoms. The van der Waals surface area contributed by atoms with Gasteiger partial charge in [-0.3, -0.25) is 9.59 Å². The number of thioether (sulfide) groups is 1. The molecule has 2 aromatic rings. The van der Waals surface area contributed by atoms with E-state index in [0.29, 0.717) is 10.7 Å². The quantitative estimate of drug-likeness (QED) is 0.899. The molecule has 2 amide bonds. The minimum Gasteiger partial charge on any atom is -0.325 e. The van der Waals surface area contributed by atoms with Crippen LogP contribution in [0, 0.1) is 0 Å². The Bertz CT molecular complexity index is 736. The number of nitrogens with one attached hydrogen (secondary N) is 2. The SMILES string of the molecule is O=C(CC1Sc2ccccc2NC1=O)Nc1ccccc1Cl. The van der Waals surface area contributed by atoms with Crippen molar-refractivity contribution in [3.05, 3.63) is 53.6 Å². The van der Waals surface area contributed by atoms with E-state index in [1.54, 1.807) is 24.3 Å². The second kappa shape index (κ2) is 6.42. The van der Waals surface area contributed by atoms with Gasteiger partial charge in [-0.05, 0) is 24.3 Å². The van der Waals surface area contributed by atoms with Crippen molar-refractivity contribution < 1.29 is 9.59 Å². The molecule has 2 aromatic carbocycles. The molecule has 2 N–H and O–H groups in total. The van der Waals surface area contributed by atoms with Crippen molar-refractivity contribution >= 4 is 46.6 Å².